The number of nitrogens with zero attached hydrogens (tertiary/aromatic N) is 1. The molecule has 132 valence electrons. The summed E-state index contributed by atoms with van der Waals surface area (Å²) in [5.41, 5.74) is 1.35. The third kappa shape index (κ3) is 4.97. The van der Waals surface area contributed by atoms with E-state index in [1.54, 1.807) is 0 Å². The highest BCUT2D eigenvalue weighted by molar-refractivity contribution is 6.39. The first-order valence-corrected chi connectivity index (χ1v) is 9.51. The number of hydrogen-bond donors (Lipinski definition) is 1. The topological polar surface area (TPSA) is 53.3 Å². The van der Waals surface area contributed by atoms with Crippen molar-refractivity contribution in [2.45, 2.75) is 45.4 Å². The monoisotopic (exact) mass is 336 g/mol. The molecule has 0 aliphatic heterocycles. The molecular weight excluding hydrogens is 308 g/mol. The number of amidine groups is 1. The summed E-state index contributed by atoms with van der Waals surface area (Å²) in [6.45, 7) is 2.03. The number of carbonyl (C=O) groups excluding carboxylic acids is 1. The van der Waals surface area contributed by atoms with E-state index in [0.29, 0.717) is 17.8 Å². The molecular formula is C22H28N2O. The SMILES string of the molecule is C/C=C/C1CCCC(C(=O)C(=N)N=CC2CC2Cc2ccccc2)C1. The molecule has 2 aliphatic rings. The number of Topliss-reactive ketones (excluding diaryl/α,β-unsaturated/α-hetero) is 1. The van der Waals surface area contributed by atoms with Gasteiger partial charge >= 0.3 is 0 Å². The first-order valence-electron chi connectivity index (χ1n) is 9.51. The van der Waals surface area contributed by atoms with E-state index in [4.69, 9.17) is 5.41 Å². The lowest BCUT2D eigenvalue weighted by molar-refractivity contribution is -0.117. The van der Waals surface area contributed by atoms with E-state index in [0.717, 1.165) is 38.5 Å². The summed E-state index contributed by atoms with van der Waals surface area (Å²) in [7, 11) is 0. The zero-order valence-electron chi connectivity index (χ0n) is 15.0. The average molecular weight is 336 g/mol. The Morgan fingerprint density at radius 1 is 1.24 bits per heavy atom. The van der Waals surface area contributed by atoms with Crippen molar-refractivity contribution in [1.29, 1.82) is 5.41 Å². The second kappa shape index (κ2) is 8.37. The molecule has 4 atom stereocenters. The van der Waals surface area contributed by atoms with Gasteiger partial charge in [-0.2, -0.15) is 0 Å². The van der Waals surface area contributed by atoms with Crippen LogP contribution in [0.4, 0.5) is 0 Å². The van der Waals surface area contributed by atoms with Gasteiger partial charge in [0, 0.05) is 12.1 Å². The third-order valence-corrected chi connectivity index (χ3v) is 5.50. The van der Waals surface area contributed by atoms with E-state index in [9.17, 15) is 4.79 Å². The average Bonchev–Trinajstić information content (AvgIpc) is 3.38. The van der Waals surface area contributed by atoms with Crippen LogP contribution in [0.5, 0.6) is 0 Å². The molecule has 0 aromatic heterocycles. The summed E-state index contributed by atoms with van der Waals surface area (Å²) < 4.78 is 0. The molecule has 1 aromatic carbocycles. The predicted molar refractivity (Wildman–Crippen MR) is 103 cm³/mol. The van der Waals surface area contributed by atoms with Gasteiger partial charge in [-0.1, -0.05) is 48.9 Å². The number of carbonyl (C=O) groups is 1. The van der Waals surface area contributed by atoms with Crippen molar-refractivity contribution in [3.63, 3.8) is 0 Å². The summed E-state index contributed by atoms with van der Waals surface area (Å²) in [6.07, 6.45) is 12.3. The van der Waals surface area contributed by atoms with E-state index in [2.05, 4.69) is 41.4 Å². The molecule has 2 saturated carbocycles. The number of nitrogens with one attached hydrogen (secondary N) is 1. The van der Waals surface area contributed by atoms with Crippen molar-refractivity contribution in [3.05, 3.63) is 48.0 Å². The Bertz CT molecular complexity index is 662. The van der Waals surface area contributed by atoms with Gasteiger partial charge in [-0.15, -0.1) is 0 Å². The minimum atomic E-state index is -0.0642. The molecule has 2 fully saturated rings. The molecule has 0 bridgehead atoms. The van der Waals surface area contributed by atoms with Gasteiger partial charge < -0.3 is 0 Å². The summed E-state index contributed by atoms with van der Waals surface area (Å²) >= 11 is 0. The van der Waals surface area contributed by atoms with Crippen molar-refractivity contribution in [1.82, 2.24) is 0 Å². The Hall–Kier alpha value is -2.03. The normalized spacial score (nSPS) is 29.2. The lowest BCUT2D eigenvalue weighted by atomic mass is 9.79. The lowest BCUT2D eigenvalue weighted by Gasteiger charge is -2.25. The molecule has 0 heterocycles. The zero-order valence-corrected chi connectivity index (χ0v) is 15.0. The minimum absolute atomic E-state index is 0.0149. The number of allylic oxidation sites excluding steroid dienone is 2. The largest absolute Gasteiger partial charge is 0.290 e. The Morgan fingerprint density at radius 2 is 2.04 bits per heavy atom. The van der Waals surface area contributed by atoms with Crippen molar-refractivity contribution < 1.29 is 4.79 Å². The van der Waals surface area contributed by atoms with Crippen molar-refractivity contribution in [3.8, 4) is 0 Å². The second-order valence-electron chi connectivity index (χ2n) is 7.49. The molecule has 0 amide bonds. The first kappa shape index (κ1) is 17.8. The van der Waals surface area contributed by atoms with E-state index in [-0.39, 0.29) is 17.5 Å². The summed E-state index contributed by atoms with van der Waals surface area (Å²) in [6, 6.07) is 10.5. The van der Waals surface area contributed by atoms with Gasteiger partial charge in [0.1, 0.15) is 0 Å². The van der Waals surface area contributed by atoms with Crippen molar-refractivity contribution in [2.75, 3.05) is 0 Å². The highest BCUT2D eigenvalue weighted by Gasteiger charge is 2.36. The standard InChI is InChI=1S/C22H28N2O/c1-2-7-16-10-6-11-18(12-16)21(25)22(23)24-15-20-14-19(20)13-17-8-4-3-5-9-17/h2-5,7-9,15-16,18-20,23H,6,10-14H2,1H3/b7-2+,23-22?,24-15?. The lowest BCUT2D eigenvalue weighted by Crippen LogP contribution is -2.27. The number of benzene rings is 1. The van der Waals surface area contributed by atoms with Gasteiger partial charge in [0.2, 0.25) is 5.78 Å². The molecule has 3 heteroatoms. The molecule has 1 N–H and O–H groups in total. The van der Waals surface area contributed by atoms with Gasteiger partial charge in [0.05, 0.1) is 0 Å². The number of hydrogen-bond acceptors (Lipinski definition) is 2. The van der Waals surface area contributed by atoms with E-state index in [1.165, 1.54) is 5.56 Å². The molecule has 3 nitrogen and oxygen atoms in total. The van der Waals surface area contributed by atoms with Crippen LogP contribution in [-0.2, 0) is 11.2 Å². The highest BCUT2D eigenvalue weighted by Crippen LogP contribution is 2.39. The van der Waals surface area contributed by atoms with Gasteiger partial charge in [0.25, 0.3) is 0 Å². The summed E-state index contributed by atoms with van der Waals surface area (Å²) in [5.74, 6) is 1.41. The fraction of sp³-hybridized carbons (Fsp3) is 0.500. The third-order valence-electron chi connectivity index (χ3n) is 5.50. The van der Waals surface area contributed by atoms with Gasteiger partial charge in [0.15, 0.2) is 5.84 Å². The van der Waals surface area contributed by atoms with Crippen LogP contribution in [0.3, 0.4) is 0 Å². The summed E-state index contributed by atoms with van der Waals surface area (Å²) in [5, 5.41) is 8.04. The molecule has 0 saturated heterocycles. The number of rotatable bonds is 6. The van der Waals surface area contributed by atoms with Gasteiger partial charge in [-0.25, -0.2) is 4.99 Å². The van der Waals surface area contributed by atoms with Gasteiger partial charge in [-0.3, -0.25) is 10.2 Å². The second-order valence-corrected chi connectivity index (χ2v) is 7.49. The maximum absolute atomic E-state index is 12.5. The molecule has 0 spiro atoms. The molecule has 2 aliphatic carbocycles. The van der Waals surface area contributed by atoms with Gasteiger partial charge in [-0.05, 0) is 62.3 Å². The van der Waals surface area contributed by atoms with Crippen molar-refractivity contribution in [2.24, 2.45) is 28.7 Å². The van der Waals surface area contributed by atoms with Crippen LogP contribution >= 0.6 is 0 Å². The van der Waals surface area contributed by atoms with Crippen LogP contribution in [0.2, 0.25) is 0 Å². The maximum atomic E-state index is 12.5. The molecule has 3 rings (SSSR count). The van der Waals surface area contributed by atoms with Crippen LogP contribution < -0.4 is 0 Å². The molecule has 4 unspecified atom stereocenters. The Kier molecular flexibility index (Phi) is 5.95. The molecule has 0 radical (unpaired) electrons. The maximum Gasteiger partial charge on any atom is 0.202 e. The number of aliphatic imine (C=N–C) groups is 1. The van der Waals surface area contributed by atoms with E-state index in [1.807, 2.05) is 19.2 Å². The van der Waals surface area contributed by atoms with Crippen LogP contribution in [0.15, 0.2) is 47.5 Å². The molecule has 25 heavy (non-hydrogen) atoms. The fourth-order valence-corrected chi connectivity index (χ4v) is 3.95. The Balaban J connectivity index is 1.47. The Labute approximate surface area is 150 Å². The predicted octanol–water partition coefficient (Wildman–Crippen LogP) is 4.86. The first-order chi connectivity index (χ1) is 12.2. The van der Waals surface area contributed by atoms with Crippen molar-refractivity contribution >= 4 is 17.8 Å². The quantitative estimate of drug-likeness (QED) is 0.450. The zero-order chi connectivity index (χ0) is 17.6. The van der Waals surface area contributed by atoms with E-state index >= 15 is 0 Å². The Morgan fingerprint density at radius 3 is 2.80 bits per heavy atom. The smallest absolute Gasteiger partial charge is 0.202 e. The number of ketones is 1. The molecule has 1 aromatic rings. The minimum Gasteiger partial charge on any atom is -0.290 e. The highest BCUT2D eigenvalue weighted by atomic mass is 16.1. The van der Waals surface area contributed by atoms with Crippen LogP contribution in [0, 0.1) is 29.1 Å². The fourth-order valence-electron chi connectivity index (χ4n) is 3.95. The summed E-state index contributed by atoms with van der Waals surface area (Å²) in [4.78, 5) is 16.7. The van der Waals surface area contributed by atoms with E-state index < -0.39 is 0 Å². The van der Waals surface area contributed by atoms with Crippen LogP contribution in [-0.4, -0.2) is 17.8 Å². The van der Waals surface area contributed by atoms with Crippen LogP contribution in [0.1, 0.15) is 44.6 Å². The van der Waals surface area contributed by atoms with Crippen LogP contribution in [0.25, 0.3) is 0 Å².